The number of nitrogens with zero attached hydrogens (tertiary/aromatic N) is 2. The maximum absolute atomic E-state index is 12.0. The Kier molecular flexibility index (Phi) is 13.8. The molecule has 0 saturated carbocycles. The van der Waals surface area contributed by atoms with E-state index < -0.39 is 0 Å². The standard InChI is InChI=1S/C19H32N4O2.HI/c1-4-20-19(22-15-13-18(25)23(5-2)6-3)21-14-7-8-16-9-11-17(24)12-10-16;/h9-12,24H,4-8,13-15H2,1-3H3,(H2,20,21,22);1H. The summed E-state index contributed by atoms with van der Waals surface area (Å²) in [5, 5.41) is 15.7. The first kappa shape index (κ1) is 24.5. The minimum atomic E-state index is 0. The van der Waals surface area contributed by atoms with E-state index in [2.05, 4.69) is 15.6 Å². The van der Waals surface area contributed by atoms with E-state index in [4.69, 9.17) is 0 Å². The van der Waals surface area contributed by atoms with Crippen LogP contribution >= 0.6 is 24.0 Å². The van der Waals surface area contributed by atoms with Crippen molar-refractivity contribution in [1.29, 1.82) is 0 Å². The smallest absolute Gasteiger partial charge is 0.224 e. The van der Waals surface area contributed by atoms with E-state index >= 15 is 0 Å². The maximum atomic E-state index is 12.0. The van der Waals surface area contributed by atoms with E-state index in [1.165, 1.54) is 5.56 Å². The number of nitrogens with one attached hydrogen (secondary N) is 2. The fourth-order valence-corrected chi connectivity index (χ4v) is 2.50. The Balaban J connectivity index is 0.00000625. The van der Waals surface area contributed by atoms with Gasteiger partial charge in [0.15, 0.2) is 5.96 Å². The van der Waals surface area contributed by atoms with Gasteiger partial charge in [-0.25, -0.2) is 0 Å². The molecule has 1 aromatic rings. The molecule has 0 saturated heterocycles. The Bertz CT molecular complexity index is 531. The quantitative estimate of drug-likeness (QED) is 0.210. The summed E-state index contributed by atoms with van der Waals surface area (Å²) in [5.41, 5.74) is 1.19. The largest absolute Gasteiger partial charge is 0.508 e. The second kappa shape index (κ2) is 14.6. The van der Waals surface area contributed by atoms with Crippen molar-refractivity contribution in [2.75, 3.05) is 32.7 Å². The fourth-order valence-electron chi connectivity index (χ4n) is 2.50. The van der Waals surface area contributed by atoms with Crippen LogP contribution in [0.2, 0.25) is 0 Å². The summed E-state index contributed by atoms with van der Waals surface area (Å²) in [5.74, 6) is 1.21. The summed E-state index contributed by atoms with van der Waals surface area (Å²) in [7, 11) is 0. The molecule has 0 aromatic heterocycles. The fraction of sp³-hybridized carbons (Fsp3) is 0.579. The van der Waals surface area contributed by atoms with Crippen LogP contribution in [0.3, 0.4) is 0 Å². The molecule has 0 aliphatic rings. The third-order valence-electron chi connectivity index (χ3n) is 3.92. The van der Waals surface area contributed by atoms with Crippen LogP contribution < -0.4 is 10.6 Å². The highest BCUT2D eigenvalue weighted by Crippen LogP contribution is 2.10. The van der Waals surface area contributed by atoms with E-state index in [1.54, 1.807) is 12.1 Å². The summed E-state index contributed by atoms with van der Waals surface area (Å²) < 4.78 is 0. The zero-order valence-electron chi connectivity index (χ0n) is 16.1. The van der Waals surface area contributed by atoms with Gasteiger partial charge in [-0.3, -0.25) is 9.79 Å². The van der Waals surface area contributed by atoms with E-state index in [1.807, 2.05) is 37.8 Å². The zero-order chi connectivity index (χ0) is 18.5. The number of carbonyl (C=O) groups is 1. The number of amides is 1. The minimum Gasteiger partial charge on any atom is -0.508 e. The average molecular weight is 476 g/mol. The van der Waals surface area contributed by atoms with Crippen LogP contribution in [0.1, 0.15) is 39.2 Å². The van der Waals surface area contributed by atoms with Gasteiger partial charge in [-0.15, -0.1) is 24.0 Å². The molecular weight excluding hydrogens is 443 g/mol. The molecule has 1 amide bonds. The number of phenols is 1. The lowest BCUT2D eigenvalue weighted by atomic mass is 10.1. The predicted octanol–water partition coefficient (Wildman–Crippen LogP) is 2.76. The Labute approximate surface area is 174 Å². The van der Waals surface area contributed by atoms with Gasteiger partial charge >= 0.3 is 0 Å². The molecule has 0 radical (unpaired) electrons. The van der Waals surface area contributed by atoms with Crippen LogP contribution in [-0.2, 0) is 11.2 Å². The molecule has 1 rings (SSSR count). The number of aromatic hydroxyl groups is 1. The van der Waals surface area contributed by atoms with Crippen LogP contribution in [0.15, 0.2) is 29.3 Å². The van der Waals surface area contributed by atoms with E-state index in [-0.39, 0.29) is 29.9 Å². The minimum absolute atomic E-state index is 0. The van der Waals surface area contributed by atoms with Crippen molar-refractivity contribution in [2.45, 2.75) is 40.0 Å². The van der Waals surface area contributed by atoms with Crippen LogP contribution in [-0.4, -0.2) is 54.6 Å². The lowest BCUT2D eigenvalue weighted by Gasteiger charge is -2.19. The lowest BCUT2D eigenvalue weighted by Crippen LogP contribution is -2.40. The number of halogens is 1. The first-order valence-corrected chi connectivity index (χ1v) is 9.18. The topological polar surface area (TPSA) is 77.0 Å². The normalized spacial score (nSPS) is 10.8. The number of benzene rings is 1. The van der Waals surface area contributed by atoms with E-state index in [0.29, 0.717) is 25.3 Å². The predicted molar refractivity (Wildman–Crippen MR) is 118 cm³/mol. The van der Waals surface area contributed by atoms with Gasteiger partial charge in [-0.2, -0.15) is 0 Å². The van der Waals surface area contributed by atoms with Gasteiger partial charge in [0.1, 0.15) is 5.75 Å². The van der Waals surface area contributed by atoms with Gasteiger partial charge in [0, 0.05) is 39.1 Å². The molecule has 0 heterocycles. The van der Waals surface area contributed by atoms with E-state index in [9.17, 15) is 9.90 Å². The summed E-state index contributed by atoms with van der Waals surface area (Å²) in [6.45, 7) is 9.59. The second-order valence-electron chi connectivity index (χ2n) is 5.77. The third kappa shape index (κ3) is 9.84. The number of aryl methyl sites for hydroxylation is 1. The number of guanidine groups is 1. The van der Waals surface area contributed by atoms with Crippen molar-refractivity contribution >= 4 is 35.8 Å². The number of hydrogen-bond donors (Lipinski definition) is 3. The highest BCUT2D eigenvalue weighted by molar-refractivity contribution is 14.0. The van der Waals surface area contributed by atoms with Gasteiger partial charge in [0.2, 0.25) is 5.91 Å². The molecule has 148 valence electrons. The monoisotopic (exact) mass is 476 g/mol. The SMILES string of the molecule is CCNC(=NCCCc1ccc(O)cc1)NCCC(=O)N(CC)CC.I. The van der Waals surface area contributed by atoms with Crippen molar-refractivity contribution in [3.8, 4) is 5.75 Å². The van der Waals surface area contributed by atoms with Crippen molar-refractivity contribution in [2.24, 2.45) is 4.99 Å². The highest BCUT2D eigenvalue weighted by Gasteiger charge is 2.09. The Morgan fingerprint density at radius 3 is 2.35 bits per heavy atom. The molecule has 3 N–H and O–H groups in total. The molecule has 0 bridgehead atoms. The molecule has 0 fully saturated rings. The van der Waals surface area contributed by atoms with Crippen molar-refractivity contribution in [1.82, 2.24) is 15.5 Å². The van der Waals surface area contributed by atoms with E-state index in [0.717, 1.165) is 38.4 Å². The summed E-state index contributed by atoms with van der Waals surface area (Å²) in [4.78, 5) is 18.4. The van der Waals surface area contributed by atoms with Gasteiger partial charge in [-0.1, -0.05) is 12.1 Å². The number of carbonyl (C=O) groups excluding carboxylic acids is 1. The Morgan fingerprint density at radius 1 is 1.12 bits per heavy atom. The van der Waals surface area contributed by atoms with Crippen LogP contribution in [0.4, 0.5) is 0 Å². The van der Waals surface area contributed by atoms with Crippen LogP contribution in [0.5, 0.6) is 5.75 Å². The molecule has 0 spiro atoms. The van der Waals surface area contributed by atoms with Crippen LogP contribution in [0.25, 0.3) is 0 Å². The van der Waals surface area contributed by atoms with Crippen molar-refractivity contribution in [3.05, 3.63) is 29.8 Å². The van der Waals surface area contributed by atoms with Crippen LogP contribution in [0, 0.1) is 0 Å². The molecule has 0 aliphatic carbocycles. The highest BCUT2D eigenvalue weighted by atomic mass is 127. The molecular formula is C19H33IN4O2. The molecule has 0 unspecified atom stereocenters. The summed E-state index contributed by atoms with van der Waals surface area (Å²) >= 11 is 0. The maximum Gasteiger partial charge on any atom is 0.224 e. The molecule has 7 heteroatoms. The molecule has 6 nitrogen and oxygen atoms in total. The molecule has 0 atom stereocenters. The summed E-state index contributed by atoms with van der Waals surface area (Å²) in [6, 6.07) is 7.27. The first-order valence-electron chi connectivity index (χ1n) is 9.18. The van der Waals surface area contributed by atoms with Gasteiger partial charge in [0.05, 0.1) is 0 Å². The number of hydrogen-bond acceptors (Lipinski definition) is 3. The number of rotatable bonds is 10. The molecule has 1 aromatic carbocycles. The summed E-state index contributed by atoms with van der Waals surface area (Å²) in [6.07, 6.45) is 2.32. The lowest BCUT2D eigenvalue weighted by molar-refractivity contribution is -0.130. The average Bonchev–Trinajstić information content (AvgIpc) is 2.61. The third-order valence-corrected chi connectivity index (χ3v) is 3.92. The van der Waals surface area contributed by atoms with Gasteiger partial charge < -0.3 is 20.6 Å². The van der Waals surface area contributed by atoms with Crippen molar-refractivity contribution in [3.63, 3.8) is 0 Å². The zero-order valence-corrected chi connectivity index (χ0v) is 18.5. The number of phenolic OH excluding ortho intramolecular Hbond substituents is 1. The molecule has 0 aliphatic heterocycles. The Morgan fingerprint density at radius 2 is 1.77 bits per heavy atom. The molecule has 26 heavy (non-hydrogen) atoms. The van der Waals surface area contributed by atoms with Gasteiger partial charge in [0.25, 0.3) is 0 Å². The number of aliphatic imine (C=N–C) groups is 1. The second-order valence-corrected chi connectivity index (χ2v) is 5.77. The first-order chi connectivity index (χ1) is 12.1. The van der Waals surface area contributed by atoms with Crippen molar-refractivity contribution < 1.29 is 9.90 Å². The van der Waals surface area contributed by atoms with Gasteiger partial charge in [-0.05, 0) is 51.3 Å². The Hall–Kier alpha value is -1.51.